The third kappa shape index (κ3) is 3.72. The summed E-state index contributed by atoms with van der Waals surface area (Å²) < 4.78 is 11.4. The van der Waals surface area contributed by atoms with Crippen LogP contribution in [0.1, 0.15) is 12.0 Å². The van der Waals surface area contributed by atoms with Gasteiger partial charge in [-0.05, 0) is 41.0 Å². The number of benzene rings is 3. The fraction of sp³-hybridized carbons (Fsp3) is 0.167. The highest BCUT2D eigenvalue weighted by atomic mass is 16.5. The molecule has 0 saturated carbocycles. The summed E-state index contributed by atoms with van der Waals surface area (Å²) in [7, 11) is 0. The monoisotopic (exact) mass is 399 g/mol. The van der Waals surface area contributed by atoms with Gasteiger partial charge < -0.3 is 14.8 Å². The van der Waals surface area contributed by atoms with E-state index >= 15 is 0 Å². The summed E-state index contributed by atoms with van der Waals surface area (Å²) in [5.74, 6) is 1.81. The summed E-state index contributed by atoms with van der Waals surface area (Å²) in [5, 5.41) is 11.1. The fourth-order valence-electron chi connectivity index (χ4n) is 3.60. The van der Waals surface area contributed by atoms with E-state index < -0.39 is 0 Å². The van der Waals surface area contributed by atoms with Gasteiger partial charge in [0.25, 0.3) is 0 Å². The summed E-state index contributed by atoms with van der Waals surface area (Å²) in [5.41, 5.74) is 3.93. The minimum atomic E-state index is -0.136. The van der Waals surface area contributed by atoms with Gasteiger partial charge in [-0.15, -0.1) is 0 Å². The van der Waals surface area contributed by atoms with Crippen LogP contribution >= 0.6 is 0 Å². The first-order valence-electron chi connectivity index (χ1n) is 9.98. The van der Waals surface area contributed by atoms with E-state index in [9.17, 15) is 4.79 Å². The lowest BCUT2D eigenvalue weighted by atomic mass is 10.0. The summed E-state index contributed by atoms with van der Waals surface area (Å²) in [6.07, 6.45) is 1.07. The fourth-order valence-corrected chi connectivity index (χ4v) is 3.60. The van der Waals surface area contributed by atoms with Crippen LogP contribution < -0.4 is 14.8 Å². The standard InChI is InChI=1S/C24H21N3O3/c28-23(14-16-7-10-21-22(13-16)30-12-4-11-29-21)25-24-19-15-18(8-9-20(19)26-27-24)17-5-2-1-3-6-17/h1-3,5-10,13,15H,4,11-12,14H2,(H2,25,26,27,28). The highest BCUT2D eigenvalue weighted by Crippen LogP contribution is 2.31. The number of amides is 1. The number of carbonyl (C=O) groups is 1. The molecule has 0 radical (unpaired) electrons. The lowest BCUT2D eigenvalue weighted by molar-refractivity contribution is -0.115. The van der Waals surface area contributed by atoms with Crippen molar-refractivity contribution in [2.75, 3.05) is 18.5 Å². The van der Waals surface area contributed by atoms with E-state index in [1.165, 1.54) is 0 Å². The number of nitrogens with zero attached hydrogens (tertiary/aromatic N) is 1. The van der Waals surface area contributed by atoms with Crippen LogP contribution in [-0.4, -0.2) is 29.3 Å². The van der Waals surface area contributed by atoms with Crippen molar-refractivity contribution in [1.82, 2.24) is 10.2 Å². The second kappa shape index (κ2) is 7.91. The highest BCUT2D eigenvalue weighted by molar-refractivity contribution is 6.01. The van der Waals surface area contributed by atoms with Crippen molar-refractivity contribution in [2.24, 2.45) is 0 Å². The van der Waals surface area contributed by atoms with Crippen LogP contribution in [0.2, 0.25) is 0 Å². The average molecular weight is 399 g/mol. The molecule has 3 aromatic carbocycles. The molecule has 0 saturated heterocycles. The van der Waals surface area contributed by atoms with Crippen molar-refractivity contribution in [3.8, 4) is 22.6 Å². The maximum atomic E-state index is 12.7. The van der Waals surface area contributed by atoms with Crippen molar-refractivity contribution >= 4 is 22.6 Å². The van der Waals surface area contributed by atoms with Gasteiger partial charge in [-0.25, -0.2) is 0 Å². The number of carbonyl (C=O) groups excluding carboxylic acids is 1. The van der Waals surface area contributed by atoms with Crippen molar-refractivity contribution in [1.29, 1.82) is 0 Å². The van der Waals surface area contributed by atoms with Crippen molar-refractivity contribution < 1.29 is 14.3 Å². The lowest BCUT2D eigenvalue weighted by Crippen LogP contribution is -2.15. The molecule has 1 aliphatic rings. The maximum Gasteiger partial charge on any atom is 0.230 e. The van der Waals surface area contributed by atoms with Gasteiger partial charge in [0.15, 0.2) is 17.3 Å². The third-order valence-electron chi connectivity index (χ3n) is 5.10. The Morgan fingerprint density at radius 3 is 2.63 bits per heavy atom. The predicted molar refractivity (Wildman–Crippen MR) is 116 cm³/mol. The SMILES string of the molecule is O=C(Cc1ccc2c(c1)OCCCO2)Nc1n[nH]c2ccc(-c3ccccc3)cc12. The second-order valence-corrected chi connectivity index (χ2v) is 7.26. The second-order valence-electron chi connectivity index (χ2n) is 7.26. The highest BCUT2D eigenvalue weighted by Gasteiger charge is 2.14. The zero-order valence-corrected chi connectivity index (χ0v) is 16.4. The quantitative estimate of drug-likeness (QED) is 0.527. The molecule has 0 atom stereocenters. The normalized spacial score (nSPS) is 13.1. The van der Waals surface area contributed by atoms with Crippen LogP contribution in [0, 0.1) is 0 Å². The number of rotatable bonds is 4. The van der Waals surface area contributed by atoms with E-state index in [2.05, 4.69) is 27.6 Å². The smallest absolute Gasteiger partial charge is 0.230 e. The first-order chi connectivity index (χ1) is 14.8. The van der Waals surface area contributed by atoms with Gasteiger partial charge in [0.2, 0.25) is 5.91 Å². The molecule has 0 unspecified atom stereocenters. The molecule has 2 N–H and O–H groups in total. The molecule has 0 fully saturated rings. The maximum absolute atomic E-state index is 12.7. The topological polar surface area (TPSA) is 76.2 Å². The molecule has 30 heavy (non-hydrogen) atoms. The number of anilines is 1. The number of nitrogens with one attached hydrogen (secondary N) is 2. The molecule has 150 valence electrons. The van der Waals surface area contributed by atoms with E-state index in [-0.39, 0.29) is 12.3 Å². The number of H-pyrrole nitrogens is 1. The summed E-state index contributed by atoms with van der Waals surface area (Å²) in [4.78, 5) is 12.7. The van der Waals surface area contributed by atoms with E-state index in [4.69, 9.17) is 9.47 Å². The Balaban J connectivity index is 1.35. The lowest BCUT2D eigenvalue weighted by Gasteiger charge is -2.09. The molecule has 0 spiro atoms. The number of hydrogen-bond donors (Lipinski definition) is 2. The molecule has 2 heterocycles. The van der Waals surface area contributed by atoms with Crippen LogP contribution in [0.4, 0.5) is 5.82 Å². The molecule has 5 rings (SSSR count). The van der Waals surface area contributed by atoms with Gasteiger partial charge >= 0.3 is 0 Å². The minimum absolute atomic E-state index is 0.136. The van der Waals surface area contributed by atoms with E-state index in [0.717, 1.165) is 39.8 Å². The van der Waals surface area contributed by atoms with Gasteiger partial charge in [0, 0.05) is 11.8 Å². The number of hydrogen-bond acceptors (Lipinski definition) is 4. The van der Waals surface area contributed by atoms with Crippen molar-refractivity contribution in [3.05, 3.63) is 72.3 Å². The zero-order chi connectivity index (χ0) is 20.3. The van der Waals surface area contributed by atoms with Crippen LogP contribution in [0.3, 0.4) is 0 Å². The summed E-state index contributed by atoms with van der Waals surface area (Å²) >= 11 is 0. The number of aromatic amines is 1. The molecular formula is C24H21N3O3. The Morgan fingerprint density at radius 1 is 0.933 bits per heavy atom. The molecular weight excluding hydrogens is 378 g/mol. The predicted octanol–water partition coefficient (Wildman–Crippen LogP) is 4.57. The Morgan fingerprint density at radius 2 is 1.77 bits per heavy atom. The molecule has 1 amide bonds. The zero-order valence-electron chi connectivity index (χ0n) is 16.4. The Labute approximate surface area is 173 Å². The van der Waals surface area contributed by atoms with Crippen molar-refractivity contribution in [3.63, 3.8) is 0 Å². The van der Waals surface area contributed by atoms with Crippen LogP contribution in [0.25, 0.3) is 22.0 Å². The van der Waals surface area contributed by atoms with Crippen LogP contribution in [0.15, 0.2) is 66.7 Å². The Bertz CT molecular complexity index is 1200. The van der Waals surface area contributed by atoms with E-state index in [1.807, 2.05) is 54.6 Å². The number of fused-ring (bicyclic) bond motifs is 2. The van der Waals surface area contributed by atoms with Gasteiger partial charge in [0.05, 0.1) is 25.2 Å². The number of ether oxygens (including phenoxy) is 2. The number of aromatic nitrogens is 2. The molecule has 1 aromatic heterocycles. The first kappa shape index (κ1) is 18.2. The molecule has 6 nitrogen and oxygen atoms in total. The Kier molecular flexibility index (Phi) is 4.81. The van der Waals surface area contributed by atoms with E-state index in [0.29, 0.717) is 24.8 Å². The summed E-state index contributed by atoms with van der Waals surface area (Å²) in [6, 6.07) is 21.8. The molecule has 1 aliphatic heterocycles. The van der Waals surface area contributed by atoms with Gasteiger partial charge in [-0.3, -0.25) is 9.89 Å². The third-order valence-corrected chi connectivity index (χ3v) is 5.10. The van der Waals surface area contributed by atoms with Crippen LogP contribution in [-0.2, 0) is 11.2 Å². The molecule has 4 aromatic rings. The largest absolute Gasteiger partial charge is 0.490 e. The van der Waals surface area contributed by atoms with E-state index in [1.54, 1.807) is 0 Å². The van der Waals surface area contributed by atoms with Crippen molar-refractivity contribution in [2.45, 2.75) is 12.8 Å². The van der Waals surface area contributed by atoms with Gasteiger partial charge in [0.1, 0.15) is 0 Å². The first-order valence-corrected chi connectivity index (χ1v) is 9.98. The summed E-state index contributed by atoms with van der Waals surface area (Å²) in [6.45, 7) is 1.26. The van der Waals surface area contributed by atoms with Gasteiger partial charge in [-0.2, -0.15) is 5.10 Å². The minimum Gasteiger partial charge on any atom is -0.490 e. The molecule has 0 aliphatic carbocycles. The molecule has 6 heteroatoms. The average Bonchev–Trinajstić information content (AvgIpc) is 3.01. The van der Waals surface area contributed by atoms with Crippen LogP contribution in [0.5, 0.6) is 11.5 Å². The van der Waals surface area contributed by atoms with Gasteiger partial charge in [-0.1, -0.05) is 42.5 Å². The molecule has 0 bridgehead atoms. The Hall–Kier alpha value is -3.80.